The molecule has 0 atom stereocenters. The number of carbonyl (C=O) groups excluding carboxylic acids is 1. The first-order chi connectivity index (χ1) is 9.56. The molecular weight excluding hydrogens is 254 g/mol. The molecule has 0 radical (unpaired) electrons. The first-order valence-electron chi connectivity index (χ1n) is 6.64. The van der Waals surface area contributed by atoms with E-state index < -0.39 is 0 Å². The quantitative estimate of drug-likeness (QED) is 0.883. The number of aromatic amines is 1. The molecule has 0 aliphatic carbocycles. The minimum Gasteiger partial charge on any atom is -0.335 e. The minimum absolute atomic E-state index is 0.0285. The van der Waals surface area contributed by atoms with Gasteiger partial charge in [0.05, 0.1) is 0 Å². The summed E-state index contributed by atoms with van der Waals surface area (Å²) in [7, 11) is 4.05. The molecule has 0 spiro atoms. The number of aromatic nitrogens is 1. The van der Waals surface area contributed by atoms with E-state index in [4.69, 9.17) is 0 Å². The number of benzene rings is 1. The van der Waals surface area contributed by atoms with Gasteiger partial charge in [0.1, 0.15) is 0 Å². The highest BCUT2D eigenvalue weighted by molar-refractivity contribution is 6.06. The smallest absolute Gasteiger partial charge is 0.254 e. The Hall–Kier alpha value is -2.14. The second-order valence-corrected chi connectivity index (χ2v) is 5.42. The number of pyridine rings is 1. The van der Waals surface area contributed by atoms with E-state index >= 15 is 0 Å². The summed E-state index contributed by atoms with van der Waals surface area (Å²) in [4.78, 5) is 30.6. The molecule has 20 heavy (non-hydrogen) atoms. The van der Waals surface area contributed by atoms with Crippen LogP contribution in [0.3, 0.4) is 0 Å². The number of hydrogen-bond acceptors (Lipinski definition) is 3. The number of fused-ring (bicyclic) bond motifs is 1. The molecule has 5 nitrogen and oxygen atoms in total. The van der Waals surface area contributed by atoms with Crippen molar-refractivity contribution >= 4 is 16.8 Å². The van der Waals surface area contributed by atoms with Gasteiger partial charge in [-0.1, -0.05) is 6.07 Å². The van der Waals surface area contributed by atoms with Gasteiger partial charge in [-0.15, -0.1) is 0 Å². The second kappa shape index (κ2) is 4.76. The maximum atomic E-state index is 12.5. The van der Waals surface area contributed by atoms with Crippen LogP contribution in [0.1, 0.15) is 10.4 Å². The van der Waals surface area contributed by atoms with E-state index in [-0.39, 0.29) is 11.5 Å². The molecule has 1 aromatic heterocycles. The predicted octanol–water partition coefficient (Wildman–Crippen LogP) is 0.914. The van der Waals surface area contributed by atoms with Crippen LogP contribution in [0.2, 0.25) is 0 Å². The second-order valence-electron chi connectivity index (χ2n) is 5.42. The summed E-state index contributed by atoms with van der Waals surface area (Å²) in [6.07, 6.45) is 0. The Labute approximate surface area is 116 Å². The van der Waals surface area contributed by atoms with Crippen LogP contribution in [0.25, 0.3) is 10.9 Å². The highest BCUT2D eigenvalue weighted by Gasteiger charge is 2.32. The van der Waals surface area contributed by atoms with E-state index in [0.29, 0.717) is 17.1 Å². The molecule has 2 heterocycles. The van der Waals surface area contributed by atoms with Crippen LogP contribution >= 0.6 is 0 Å². The van der Waals surface area contributed by atoms with Crippen molar-refractivity contribution in [3.63, 3.8) is 0 Å². The first-order valence-corrected chi connectivity index (χ1v) is 6.64. The number of likely N-dealkylation sites (tertiary alicyclic amines) is 1. The van der Waals surface area contributed by atoms with Crippen LogP contribution in [-0.4, -0.2) is 53.9 Å². The third kappa shape index (κ3) is 2.10. The molecule has 5 heteroatoms. The first kappa shape index (κ1) is 12.9. The number of nitrogens with zero attached hydrogens (tertiary/aromatic N) is 2. The lowest BCUT2D eigenvalue weighted by Gasteiger charge is -2.42. The van der Waals surface area contributed by atoms with Gasteiger partial charge in [0, 0.05) is 41.7 Å². The van der Waals surface area contributed by atoms with Crippen molar-refractivity contribution in [2.45, 2.75) is 6.04 Å². The van der Waals surface area contributed by atoms with Crippen molar-refractivity contribution in [3.05, 3.63) is 46.2 Å². The largest absolute Gasteiger partial charge is 0.335 e. The van der Waals surface area contributed by atoms with Gasteiger partial charge < -0.3 is 14.8 Å². The Morgan fingerprint density at radius 1 is 1.25 bits per heavy atom. The Morgan fingerprint density at radius 3 is 2.70 bits per heavy atom. The van der Waals surface area contributed by atoms with Crippen molar-refractivity contribution in [2.75, 3.05) is 27.2 Å². The molecule has 0 unspecified atom stereocenters. The number of rotatable bonds is 2. The fourth-order valence-electron chi connectivity index (χ4n) is 2.49. The minimum atomic E-state index is -0.154. The van der Waals surface area contributed by atoms with Gasteiger partial charge in [-0.25, -0.2) is 0 Å². The summed E-state index contributed by atoms with van der Waals surface area (Å²) < 4.78 is 0. The molecule has 1 aliphatic rings. The zero-order valence-electron chi connectivity index (χ0n) is 11.6. The fourth-order valence-corrected chi connectivity index (χ4v) is 2.49. The highest BCUT2D eigenvalue weighted by Crippen LogP contribution is 2.21. The normalized spacial score (nSPS) is 15.7. The zero-order chi connectivity index (χ0) is 14.3. The molecule has 104 valence electrons. The van der Waals surface area contributed by atoms with E-state index in [9.17, 15) is 9.59 Å². The predicted molar refractivity (Wildman–Crippen MR) is 77.9 cm³/mol. The summed E-state index contributed by atoms with van der Waals surface area (Å²) in [5.74, 6) is 0.0285. The Bertz CT molecular complexity index is 714. The van der Waals surface area contributed by atoms with Gasteiger partial charge in [0.25, 0.3) is 5.91 Å². The maximum Gasteiger partial charge on any atom is 0.254 e. The van der Waals surface area contributed by atoms with Gasteiger partial charge in [-0.05, 0) is 32.3 Å². The molecule has 3 rings (SSSR count). The third-order valence-corrected chi connectivity index (χ3v) is 3.88. The number of H-pyrrole nitrogens is 1. The van der Waals surface area contributed by atoms with Crippen molar-refractivity contribution in [3.8, 4) is 0 Å². The number of carbonyl (C=O) groups is 1. The Balaban J connectivity index is 1.91. The topological polar surface area (TPSA) is 56.4 Å². The van der Waals surface area contributed by atoms with Crippen molar-refractivity contribution in [1.82, 2.24) is 14.8 Å². The van der Waals surface area contributed by atoms with Gasteiger partial charge in [0.15, 0.2) is 0 Å². The van der Waals surface area contributed by atoms with E-state index in [1.54, 1.807) is 12.1 Å². The fraction of sp³-hybridized carbons (Fsp3) is 0.333. The summed E-state index contributed by atoms with van der Waals surface area (Å²) >= 11 is 0. The van der Waals surface area contributed by atoms with Crippen LogP contribution in [0.5, 0.6) is 0 Å². The molecule has 1 aromatic carbocycles. The van der Waals surface area contributed by atoms with E-state index in [2.05, 4.69) is 9.88 Å². The summed E-state index contributed by atoms with van der Waals surface area (Å²) in [5, 5.41) is 0.797. The van der Waals surface area contributed by atoms with Crippen molar-refractivity contribution in [2.24, 2.45) is 0 Å². The standard InChI is InChI=1S/C15H17N3O2/c1-17(2)10-8-18(9-10)15(20)12-4-3-5-13-11(12)6-7-14(19)16-13/h3-7,10H,8-9H2,1-2H3,(H,16,19). The van der Waals surface area contributed by atoms with E-state index in [1.807, 2.05) is 31.1 Å². The molecule has 0 bridgehead atoms. The zero-order valence-corrected chi connectivity index (χ0v) is 11.6. The van der Waals surface area contributed by atoms with E-state index in [0.717, 1.165) is 18.5 Å². The molecular formula is C15H17N3O2. The van der Waals surface area contributed by atoms with Crippen LogP contribution in [-0.2, 0) is 0 Å². The van der Waals surface area contributed by atoms with Crippen molar-refractivity contribution < 1.29 is 4.79 Å². The molecule has 0 saturated carbocycles. The number of nitrogens with one attached hydrogen (secondary N) is 1. The lowest BCUT2D eigenvalue weighted by Crippen LogP contribution is -2.59. The molecule has 1 N–H and O–H groups in total. The van der Waals surface area contributed by atoms with Crippen LogP contribution in [0.4, 0.5) is 0 Å². The lowest BCUT2D eigenvalue weighted by molar-refractivity contribution is 0.0401. The van der Waals surface area contributed by atoms with Crippen molar-refractivity contribution in [1.29, 1.82) is 0 Å². The highest BCUT2D eigenvalue weighted by atomic mass is 16.2. The lowest BCUT2D eigenvalue weighted by atomic mass is 10.0. The molecule has 1 saturated heterocycles. The third-order valence-electron chi connectivity index (χ3n) is 3.88. The molecule has 1 amide bonds. The SMILES string of the molecule is CN(C)C1CN(C(=O)c2cccc3[nH]c(=O)ccc23)C1. The average molecular weight is 271 g/mol. The van der Waals surface area contributed by atoms with E-state index in [1.165, 1.54) is 6.07 Å². The number of amides is 1. The molecule has 1 aliphatic heterocycles. The number of hydrogen-bond donors (Lipinski definition) is 1. The Morgan fingerprint density at radius 2 is 2.00 bits per heavy atom. The summed E-state index contributed by atoms with van der Waals surface area (Å²) in [6, 6.07) is 9.03. The maximum absolute atomic E-state index is 12.5. The van der Waals surface area contributed by atoms with Gasteiger partial charge in [-0.3, -0.25) is 9.59 Å². The van der Waals surface area contributed by atoms with Gasteiger partial charge in [-0.2, -0.15) is 0 Å². The molecule has 2 aromatic rings. The summed E-state index contributed by atoms with van der Waals surface area (Å²) in [5.41, 5.74) is 1.20. The summed E-state index contributed by atoms with van der Waals surface area (Å²) in [6.45, 7) is 1.51. The average Bonchev–Trinajstić information content (AvgIpc) is 2.35. The monoisotopic (exact) mass is 271 g/mol. The van der Waals surface area contributed by atoms with Gasteiger partial charge >= 0.3 is 0 Å². The van der Waals surface area contributed by atoms with Crippen LogP contribution < -0.4 is 5.56 Å². The van der Waals surface area contributed by atoms with Crippen LogP contribution in [0, 0.1) is 0 Å². The molecule has 1 fully saturated rings. The van der Waals surface area contributed by atoms with Crippen LogP contribution in [0.15, 0.2) is 35.1 Å². The van der Waals surface area contributed by atoms with Gasteiger partial charge in [0.2, 0.25) is 5.56 Å². The Kier molecular flexibility index (Phi) is 3.06. The number of likely N-dealkylation sites (N-methyl/N-ethyl adjacent to an activating group) is 1.